The molecule has 0 atom stereocenters. The highest BCUT2D eigenvalue weighted by atomic mass is 16.6. The Balaban J connectivity index is 1.76. The number of hydrogen-bond acceptors (Lipinski definition) is 4. The summed E-state index contributed by atoms with van der Waals surface area (Å²) in [5, 5.41) is 3.82. The molecule has 21 heavy (non-hydrogen) atoms. The Kier molecular flexibility index (Phi) is 5.34. The average molecular weight is 284 g/mol. The quantitative estimate of drug-likeness (QED) is 0.678. The van der Waals surface area contributed by atoms with E-state index in [4.69, 9.17) is 9.47 Å². The predicted molar refractivity (Wildman–Crippen MR) is 80.4 cm³/mol. The fourth-order valence-corrected chi connectivity index (χ4v) is 1.60. The highest BCUT2D eigenvalue weighted by molar-refractivity contribution is 5.81. The first-order valence-electron chi connectivity index (χ1n) is 6.42. The van der Waals surface area contributed by atoms with Crippen LogP contribution in [0.4, 0.5) is 4.79 Å². The summed E-state index contributed by atoms with van der Waals surface area (Å²) in [4.78, 5) is 11.4. The smallest absolute Gasteiger partial charge is 0.428 e. The van der Waals surface area contributed by atoms with Crippen LogP contribution >= 0.6 is 0 Å². The van der Waals surface area contributed by atoms with Gasteiger partial charge in [0.05, 0.1) is 13.3 Å². The number of benzene rings is 2. The van der Waals surface area contributed by atoms with Crippen LogP contribution in [-0.4, -0.2) is 19.4 Å². The topological polar surface area (TPSA) is 59.9 Å². The molecule has 0 aliphatic rings. The maximum absolute atomic E-state index is 11.4. The summed E-state index contributed by atoms with van der Waals surface area (Å²) in [7, 11) is 1.60. The summed E-state index contributed by atoms with van der Waals surface area (Å²) < 4.78 is 10.1. The first-order valence-corrected chi connectivity index (χ1v) is 6.42. The SMILES string of the molecule is COc1ccc(/C=N\NC(=O)OCc2ccccc2)cc1. The number of amides is 1. The molecule has 2 rings (SSSR count). The van der Waals surface area contributed by atoms with Gasteiger partial charge in [-0.15, -0.1) is 0 Å². The molecule has 2 aromatic rings. The number of nitrogens with one attached hydrogen (secondary N) is 1. The molecule has 1 N–H and O–H groups in total. The lowest BCUT2D eigenvalue weighted by Crippen LogP contribution is -2.18. The van der Waals surface area contributed by atoms with Crippen molar-refractivity contribution in [3.63, 3.8) is 0 Å². The van der Waals surface area contributed by atoms with Gasteiger partial charge in [-0.25, -0.2) is 10.2 Å². The van der Waals surface area contributed by atoms with Crippen LogP contribution in [0.25, 0.3) is 0 Å². The van der Waals surface area contributed by atoms with Crippen molar-refractivity contribution in [1.82, 2.24) is 5.43 Å². The van der Waals surface area contributed by atoms with E-state index in [0.717, 1.165) is 16.9 Å². The Labute approximate surface area is 123 Å². The summed E-state index contributed by atoms with van der Waals surface area (Å²) in [5.74, 6) is 0.766. The van der Waals surface area contributed by atoms with E-state index in [9.17, 15) is 4.79 Å². The molecule has 0 aliphatic heterocycles. The second-order valence-electron chi connectivity index (χ2n) is 4.20. The van der Waals surface area contributed by atoms with Crippen molar-refractivity contribution in [3.05, 3.63) is 65.7 Å². The van der Waals surface area contributed by atoms with Crippen LogP contribution in [0.2, 0.25) is 0 Å². The highest BCUT2D eigenvalue weighted by Gasteiger charge is 2.00. The number of nitrogens with zero attached hydrogens (tertiary/aromatic N) is 1. The number of carbonyl (C=O) groups excluding carboxylic acids is 1. The fraction of sp³-hybridized carbons (Fsp3) is 0.125. The molecule has 5 heteroatoms. The van der Waals surface area contributed by atoms with E-state index in [2.05, 4.69) is 10.5 Å². The van der Waals surface area contributed by atoms with Crippen molar-refractivity contribution in [2.75, 3.05) is 7.11 Å². The van der Waals surface area contributed by atoms with Crippen molar-refractivity contribution in [2.45, 2.75) is 6.61 Å². The normalized spacial score (nSPS) is 10.3. The first kappa shape index (κ1) is 14.6. The van der Waals surface area contributed by atoms with E-state index in [1.807, 2.05) is 54.6 Å². The van der Waals surface area contributed by atoms with Crippen molar-refractivity contribution in [1.29, 1.82) is 0 Å². The average Bonchev–Trinajstić information content (AvgIpc) is 2.54. The number of hydrazone groups is 1. The number of methoxy groups -OCH3 is 1. The molecule has 0 unspecified atom stereocenters. The van der Waals surface area contributed by atoms with E-state index in [1.165, 1.54) is 6.21 Å². The molecule has 0 aromatic heterocycles. The van der Waals surface area contributed by atoms with Gasteiger partial charge < -0.3 is 9.47 Å². The zero-order valence-corrected chi connectivity index (χ0v) is 11.7. The van der Waals surface area contributed by atoms with Crippen LogP contribution in [0, 0.1) is 0 Å². The van der Waals surface area contributed by atoms with Gasteiger partial charge in [-0.05, 0) is 35.4 Å². The van der Waals surface area contributed by atoms with E-state index in [-0.39, 0.29) is 6.61 Å². The molecule has 0 spiro atoms. The van der Waals surface area contributed by atoms with Gasteiger partial charge in [0, 0.05) is 0 Å². The molecule has 2 aromatic carbocycles. The zero-order valence-electron chi connectivity index (χ0n) is 11.7. The van der Waals surface area contributed by atoms with Gasteiger partial charge in [0.25, 0.3) is 0 Å². The molecule has 0 fully saturated rings. The summed E-state index contributed by atoms with van der Waals surface area (Å²) in [6, 6.07) is 16.7. The summed E-state index contributed by atoms with van der Waals surface area (Å²) in [5.41, 5.74) is 4.08. The Hall–Kier alpha value is -2.82. The minimum absolute atomic E-state index is 0.213. The van der Waals surface area contributed by atoms with Gasteiger partial charge >= 0.3 is 6.09 Å². The number of ether oxygens (including phenoxy) is 2. The maximum Gasteiger partial charge on any atom is 0.428 e. The number of carbonyl (C=O) groups is 1. The van der Waals surface area contributed by atoms with Crippen LogP contribution in [0.1, 0.15) is 11.1 Å². The molecule has 0 radical (unpaired) electrons. The van der Waals surface area contributed by atoms with Gasteiger partial charge in [0.2, 0.25) is 0 Å². The highest BCUT2D eigenvalue weighted by Crippen LogP contribution is 2.09. The molecule has 108 valence electrons. The van der Waals surface area contributed by atoms with Crippen LogP contribution < -0.4 is 10.2 Å². The lowest BCUT2D eigenvalue weighted by Gasteiger charge is -2.03. The van der Waals surface area contributed by atoms with Gasteiger partial charge in [-0.3, -0.25) is 0 Å². The Bertz CT molecular complexity index is 595. The summed E-state index contributed by atoms with van der Waals surface area (Å²) in [6.07, 6.45) is 0.937. The fourth-order valence-electron chi connectivity index (χ4n) is 1.60. The minimum atomic E-state index is -0.594. The van der Waals surface area contributed by atoms with E-state index >= 15 is 0 Å². The third-order valence-corrected chi connectivity index (χ3v) is 2.70. The van der Waals surface area contributed by atoms with E-state index in [0.29, 0.717) is 0 Å². The van der Waals surface area contributed by atoms with Crippen LogP contribution in [-0.2, 0) is 11.3 Å². The van der Waals surface area contributed by atoms with Gasteiger partial charge in [-0.2, -0.15) is 5.10 Å². The van der Waals surface area contributed by atoms with Gasteiger partial charge in [-0.1, -0.05) is 30.3 Å². The number of rotatable bonds is 5. The van der Waals surface area contributed by atoms with E-state index in [1.54, 1.807) is 7.11 Å². The Morgan fingerprint density at radius 2 is 1.86 bits per heavy atom. The van der Waals surface area contributed by atoms with E-state index < -0.39 is 6.09 Å². The predicted octanol–water partition coefficient (Wildman–Crippen LogP) is 2.96. The van der Waals surface area contributed by atoms with Crippen molar-refractivity contribution >= 4 is 12.3 Å². The molecule has 5 nitrogen and oxygen atoms in total. The monoisotopic (exact) mass is 284 g/mol. The lowest BCUT2D eigenvalue weighted by molar-refractivity contribution is 0.140. The van der Waals surface area contributed by atoms with Crippen molar-refractivity contribution in [3.8, 4) is 5.75 Å². The molecular weight excluding hydrogens is 268 g/mol. The van der Waals surface area contributed by atoms with Crippen LogP contribution in [0.15, 0.2) is 59.7 Å². The van der Waals surface area contributed by atoms with Crippen LogP contribution in [0.5, 0.6) is 5.75 Å². The zero-order chi connectivity index (χ0) is 14.9. The second kappa shape index (κ2) is 7.69. The maximum atomic E-state index is 11.4. The molecule has 0 saturated heterocycles. The largest absolute Gasteiger partial charge is 0.497 e. The third kappa shape index (κ3) is 4.99. The third-order valence-electron chi connectivity index (χ3n) is 2.70. The van der Waals surface area contributed by atoms with Crippen molar-refractivity contribution < 1.29 is 14.3 Å². The molecule has 0 heterocycles. The molecular formula is C16H16N2O3. The lowest BCUT2D eigenvalue weighted by atomic mass is 10.2. The second-order valence-corrected chi connectivity index (χ2v) is 4.20. The van der Waals surface area contributed by atoms with Crippen LogP contribution in [0.3, 0.4) is 0 Å². The number of hydrogen-bond donors (Lipinski definition) is 1. The van der Waals surface area contributed by atoms with Crippen molar-refractivity contribution in [2.24, 2.45) is 5.10 Å². The summed E-state index contributed by atoms with van der Waals surface area (Å²) >= 11 is 0. The first-order chi connectivity index (χ1) is 10.3. The molecule has 0 saturated carbocycles. The Morgan fingerprint density at radius 1 is 1.14 bits per heavy atom. The minimum Gasteiger partial charge on any atom is -0.497 e. The molecule has 0 aliphatic carbocycles. The van der Waals surface area contributed by atoms with Gasteiger partial charge in [0.15, 0.2) is 0 Å². The Morgan fingerprint density at radius 3 is 2.52 bits per heavy atom. The molecule has 1 amide bonds. The van der Waals surface area contributed by atoms with Gasteiger partial charge in [0.1, 0.15) is 12.4 Å². The summed E-state index contributed by atoms with van der Waals surface area (Å²) in [6.45, 7) is 0.213. The molecule has 0 bridgehead atoms. The standard InChI is InChI=1S/C16H16N2O3/c1-20-15-9-7-13(8-10-15)11-17-18-16(19)21-12-14-5-3-2-4-6-14/h2-11H,12H2,1H3,(H,18,19)/b17-11-.